The van der Waals surface area contributed by atoms with Crippen molar-refractivity contribution in [2.24, 2.45) is 0 Å². The molecule has 1 aromatic heterocycles. The summed E-state index contributed by atoms with van der Waals surface area (Å²) in [6.45, 7) is -0.00740. The van der Waals surface area contributed by atoms with Crippen molar-refractivity contribution < 1.29 is 19.1 Å². The molecule has 112 valence electrons. The Morgan fingerprint density at radius 1 is 1.32 bits per heavy atom. The topological polar surface area (TPSA) is 52.6 Å². The van der Waals surface area contributed by atoms with Crippen LogP contribution in [0.15, 0.2) is 47.9 Å². The van der Waals surface area contributed by atoms with Crippen LogP contribution in [-0.4, -0.2) is 24.6 Å². The lowest BCUT2D eigenvalue weighted by atomic mass is 10.1. The first-order valence-corrected chi connectivity index (χ1v) is 7.78. The Bertz CT molecular complexity index is 736. The van der Waals surface area contributed by atoms with E-state index in [9.17, 15) is 9.59 Å². The molecule has 6 heteroatoms. The zero-order valence-electron chi connectivity index (χ0n) is 11.3. The van der Waals surface area contributed by atoms with Gasteiger partial charge in [-0.25, -0.2) is 9.59 Å². The second kappa shape index (κ2) is 6.34. The molecule has 0 saturated carbocycles. The van der Waals surface area contributed by atoms with E-state index in [1.165, 1.54) is 11.3 Å². The van der Waals surface area contributed by atoms with Gasteiger partial charge in [0.05, 0.1) is 5.57 Å². The molecule has 4 nitrogen and oxygen atoms in total. The summed E-state index contributed by atoms with van der Waals surface area (Å²) in [5.41, 5.74) is 1.12. The molecule has 0 amide bonds. The van der Waals surface area contributed by atoms with Crippen LogP contribution >= 0.6 is 22.9 Å². The molecule has 0 aliphatic carbocycles. The number of halogens is 1. The molecule has 1 aliphatic heterocycles. The summed E-state index contributed by atoms with van der Waals surface area (Å²) in [6, 6.07) is 10.4. The van der Waals surface area contributed by atoms with Crippen LogP contribution in [-0.2, 0) is 14.3 Å². The molecule has 1 unspecified atom stereocenters. The molecule has 0 spiro atoms. The second-order valence-corrected chi connectivity index (χ2v) is 5.99. The smallest absolute Gasteiger partial charge is 0.348 e. The molecule has 2 heterocycles. The third-order valence-corrected chi connectivity index (χ3v) is 4.15. The Kier molecular flexibility index (Phi) is 4.27. The fourth-order valence-electron chi connectivity index (χ4n) is 2.06. The molecule has 0 bridgehead atoms. The van der Waals surface area contributed by atoms with Crippen molar-refractivity contribution in [1.29, 1.82) is 0 Å². The summed E-state index contributed by atoms with van der Waals surface area (Å²) in [6.07, 6.45) is 1.07. The second-order valence-electron chi connectivity index (χ2n) is 4.61. The highest BCUT2D eigenvalue weighted by Crippen LogP contribution is 2.26. The monoisotopic (exact) mass is 334 g/mol. The summed E-state index contributed by atoms with van der Waals surface area (Å²) >= 11 is 7.22. The number of thiophene rings is 1. The number of cyclic esters (lactones) is 1. The van der Waals surface area contributed by atoms with E-state index >= 15 is 0 Å². The minimum absolute atomic E-state index is 0.00740. The SMILES string of the molecule is O=C1OC(COC(=O)c2cccs2)C=C1c1cccc(Cl)c1. The Labute approximate surface area is 135 Å². The van der Waals surface area contributed by atoms with Crippen LogP contribution in [0.2, 0.25) is 5.02 Å². The van der Waals surface area contributed by atoms with Gasteiger partial charge in [0, 0.05) is 5.02 Å². The zero-order valence-corrected chi connectivity index (χ0v) is 12.9. The van der Waals surface area contributed by atoms with Crippen molar-refractivity contribution in [3.63, 3.8) is 0 Å². The fraction of sp³-hybridized carbons (Fsp3) is 0.125. The number of carbonyl (C=O) groups excluding carboxylic acids is 2. The van der Waals surface area contributed by atoms with Gasteiger partial charge in [-0.15, -0.1) is 11.3 Å². The van der Waals surface area contributed by atoms with Crippen molar-refractivity contribution in [1.82, 2.24) is 0 Å². The molecule has 1 aromatic carbocycles. The summed E-state index contributed by atoms with van der Waals surface area (Å²) in [7, 11) is 0. The first-order valence-electron chi connectivity index (χ1n) is 6.53. The normalized spacial score (nSPS) is 17.0. The predicted octanol–water partition coefficient (Wildman–Crippen LogP) is 3.57. The predicted molar refractivity (Wildman–Crippen MR) is 83.9 cm³/mol. The standard InChI is InChI=1S/C16H11ClO4S/c17-11-4-1-3-10(7-11)13-8-12(21-15(13)18)9-20-16(19)14-5-2-6-22-14/h1-8,12H,9H2. The van der Waals surface area contributed by atoms with E-state index in [1.54, 1.807) is 47.9 Å². The third kappa shape index (κ3) is 3.21. The average Bonchev–Trinajstić information content (AvgIpc) is 3.14. The van der Waals surface area contributed by atoms with Gasteiger partial charge in [0.2, 0.25) is 0 Å². The number of rotatable bonds is 4. The van der Waals surface area contributed by atoms with Gasteiger partial charge >= 0.3 is 11.9 Å². The lowest BCUT2D eigenvalue weighted by molar-refractivity contribution is -0.139. The van der Waals surface area contributed by atoms with E-state index < -0.39 is 18.0 Å². The number of hydrogen-bond acceptors (Lipinski definition) is 5. The van der Waals surface area contributed by atoms with E-state index in [1.807, 2.05) is 0 Å². The number of benzene rings is 1. The highest BCUT2D eigenvalue weighted by Gasteiger charge is 2.27. The Hall–Kier alpha value is -2.11. The molecule has 22 heavy (non-hydrogen) atoms. The number of ether oxygens (including phenoxy) is 2. The van der Waals surface area contributed by atoms with E-state index in [-0.39, 0.29) is 6.61 Å². The largest absolute Gasteiger partial charge is 0.457 e. The summed E-state index contributed by atoms with van der Waals surface area (Å²) in [5.74, 6) is -0.866. The summed E-state index contributed by atoms with van der Waals surface area (Å²) in [5, 5.41) is 2.34. The third-order valence-electron chi connectivity index (χ3n) is 3.07. The van der Waals surface area contributed by atoms with Crippen molar-refractivity contribution in [3.8, 4) is 0 Å². The van der Waals surface area contributed by atoms with Crippen LogP contribution in [0.4, 0.5) is 0 Å². The molecule has 0 N–H and O–H groups in total. The van der Waals surface area contributed by atoms with Crippen LogP contribution in [0.5, 0.6) is 0 Å². The van der Waals surface area contributed by atoms with Crippen LogP contribution in [0, 0.1) is 0 Å². The number of esters is 2. The van der Waals surface area contributed by atoms with Gasteiger partial charge in [0.25, 0.3) is 0 Å². The van der Waals surface area contributed by atoms with Gasteiger partial charge in [-0.3, -0.25) is 0 Å². The van der Waals surface area contributed by atoms with Gasteiger partial charge < -0.3 is 9.47 Å². The molecule has 2 aromatic rings. The molecule has 0 saturated heterocycles. The van der Waals surface area contributed by atoms with Crippen molar-refractivity contribution in [2.45, 2.75) is 6.10 Å². The number of carbonyl (C=O) groups is 2. The molecule has 3 rings (SSSR count). The van der Waals surface area contributed by atoms with Crippen LogP contribution in [0.25, 0.3) is 5.57 Å². The summed E-state index contributed by atoms with van der Waals surface area (Å²) in [4.78, 5) is 24.2. The molecular weight excluding hydrogens is 324 g/mol. The van der Waals surface area contributed by atoms with E-state index in [4.69, 9.17) is 21.1 Å². The lowest BCUT2D eigenvalue weighted by Gasteiger charge is -2.08. The Morgan fingerprint density at radius 2 is 2.18 bits per heavy atom. The first kappa shape index (κ1) is 14.8. The van der Waals surface area contributed by atoms with Crippen molar-refractivity contribution in [3.05, 3.63) is 63.3 Å². The van der Waals surface area contributed by atoms with Gasteiger partial charge in [-0.1, -0.05) is 29.8 Å². The molecule has 0 fully saturated rings. The van der Waals surface area contributed by atoms with Crippen molar-refractivity contribution in [2.75, 3.05) is 6.61 Å². The molecule has 1 atom stereocenters. The lowest BCUT2D eigenvalue weighted by Crippen LogP contribution is -2.18. The molecule has 1 aliphatic rings. The van der Waals surface area contributed by atoms with E-state index in [0.29, 0.717) is 21.0 Å². The highest BCUT2D eigenvalue weighted by molar-refractivity contribution is 7.11. The minimum atomic E-state index is -0.578. The number of hydrogen-bond donors (Lipinski definition) is 0. The minimum Gasteiger partial charge on any atom is -0.457 e. The molecular formula is C16H11ClO4S. The zero-order chi connectivity index (χ0) is 15.5. The maximum Gasteiger partial charge on any atom is 0.348 e. The van der Waals surface area contributed by atoms with Gasteiger partial charge in [0.15, 0.2) is 6.10 Å². The maximum atomic E-state index is 11.9. The van der Waals surface area contributed by atoms with Gasteiger partial charge in [-0.05, 0) is 35.2 Å². The Morgan fingerprint density at radius 3 is 2.91 bits per heavy atom. The van der Waals surface area contributed by atoms with E-state index in [2.05, 4.69) is 0 Å². The average molecular weight is 335 g/mol. The van der Waals surface area contributed by atoms with Crippen molar-refractivity contribution >= 4 is 40.4 Å². The summed E-state index contributed by atoms with van der Waals surface area (Å²) < 4.78 is 10.3. The highest BCUT2D eigenvalue weighted by atomic mass is 35.5. The first-order chi connectivity index (χ1) is 10.6. The fourth-order valence-corrected chi connectivity index (χ4v) is 2.87. The van der Waals surface area contributed by atoms with E-state index in [0.717, 1.165) is 0 Å². The quantitative estimate of drug-likeness (QED) is 0.802. The Balaban J connectivity index is 1.67. The van der Waals surface area contributed by atoms with Crippen LogP contribution in [0.3, 0.4) is 0 Å². The van der Waals surface area contributed by atoms with Gasteiger partial charge in [0.1, 0.15) is 11.5 Å². The van der Waals surface area contributed by atoms with Crippen LogP contribution < -0.4 is 0 Å². The van der Waals surface area contributed by atoms with Crippen LogP contribution in [0.1, 0.15) is 15.2 Å². The van der Waals surface area contributed by atoms with Gasteiger partial charge in [-0.2, -0.15) is 0 Å². The maximum absolute atomic E-state index is 11.9. The molecule has 0 radical (unpaired) electrons.